The lowest BCUT2D eigenvalue weighted by Gasteiger charge is -2.19. The molecule has 0 aliphatic carbocycles. The quantitative estimate of drug-likeness (QED) is 0.297. The molecule has 0 saturated heterocycles. The summed E-state index contributed by atoms with van der Waals surface area (Å²) in [7, 11) is 0. The third-order valence-corrected chi connectivity index (χ3v) is 4.72. The van der Waals surface area contributed by atoms with E-state index in [-0.39, 0.29) is 17.9 Å². The van der Waals surface area contributed by atoms with E-state index in [1.165, 1.54) is 12.1 Å². The average Bonchev–Trinajstić information content (AvgIpc) is 2.77. The molecule has 0 aromatic heterocycles. The normalized spacial score (nSPS) is 11.4. The highest BCUT2D eigenvalue weighted by molar-refractivity contribution is 5.65. The summed E-state index contributed by atoms with van der Waals surface area (Å²) in [5, 5.41) is 0. The Labute approximate surface area is 188 Å². The fourth-order valence-corrected chi connectivity index (χ4v) is 3.19. The van der Waals surface area contributed by atoms with Crippen molar-refractivity contribution in [2.24, 2.45) is 0 Å². The maximum absolute atomic E-state index is 14.5. The molecule has 0 fully saturated rings. The summed E-state index contributed by atoms with van der Waals surface area (Å²) in [6.45, 7) is 2.32. The Bertz CT molecular complexity index is 1080. The fourth-order valence-electron chi connectivity index (χ4n) is 3.19. The SMILES string of the molecule is CCCc1ccc(-c2ccc(OC(F)(F)COc3ccc(OCC)c(F)c3F)cc2F)cc1. The number of hydrogen-bond donors (Lipinski definition) is 0. The van der Waals surface area contributed by atoms with Crippen LogP contribution >= 0.6 is 0 Å². The second-order valence-electron chi connectivity index (χ2n) is 7.24. The van der Waals surface area contributed by atoms with Crippen molar-refractivity contribution in [3.63, 3.8) is 0 Å². The molecule has 176 valence electrons. The summed E-state index contributed by atoms with van der Waals surface area (Å²) < 4.78 is 84.9. The van der Waals surface area contributed by atoms with Gasteiger partial charge in [0.15, 0.2) is 18.1 Å². The molecule has 0 saturated carbocycles. The number of rotatable bonds is 10. The minimum absolute atomic E-state index is 0.0992. The van der Waals surface area contributed by atoms with Crippen LogP contribution in [0.1, 0.15) is 25.8 Å². The van der Waals surface area contributed by atoms with Crippen molar-refractivity contribution in [2.75, 3.05) is 13.2 Å². The monoisotopic (exact) mass is 466 g/mol. The summed E-state index contributed by atoms with van der Waals surface area (Å²) in [4.78, 5) is 0. The van der Waals surface area contributed by atoms with Crippen LogP contribution in [0.3, 0.4) is 0 Å². The third kappa shape index (κ3) is 6.15. The smallest absolute Gasteiger partial charge is 0.433 e. The largest absolute Gasteiger partial charge is 0.491 e. The van der Waals surface area contributed by atoms with Gasteiger partial charge in [0.05, 0.1) is 6.61 Å². The molecule has 3 aromatic rings. The molecule has 0 spiro atoms. The van der Waals surface area contributed by atoms with Crippen molar-refractivity contribution < 1.29 is 36.2 Å². The molecule has 8 heteroatoms. The predicted molar refractivity (Wildman–Crippen MR) is 114 cm³/mol. The molecule has 3 rings (SSSR count). The molecule has 0 amide bonds. The molecule has 33 heavy (non-hydrogen) atoms. The highest BCUT2D eigenvalue weighted by atomic mass is 19.3. The average molecular weight is 466 g/mol. The number of benzene rings is 3. The van der Waals surface area contributed by atoms with Gasteiger partial charge in [-0.25, -0.2) is 4.39 Å². The minimum Gasteiger partial charge on any atom is -0.491 e. The zero-order valence-corrected chi connectivity index (χ0v) is 18.1. The standard InChI is InChI=1S/C25H23F5O3/c1-3-5-16-6-8-17(9-7-16)19-11-10-18(14-20(19)26)33-25(29,30)15-32-22-13-12-21(31-4-2)23(27)24(22)28/h6-14H,3-5,15H2,1-2H3. The Morgan fingerprint density at radius 1 is 0.788 bits per heavy atom. The Hall–Kier alpha value is -3.29. The van der Waals surface area contributed by atoms with E-state index in [9.17, 15) is 22.0 Å². The Balaban J connectivity index is 1.67. The van der Waals surface area contributed by atoms with Crippen LogP contribution in [0.2, 0.25) is 0 Å². The van der Waals surface area contributed by atoms with Gasteiger partial charge in [0.25, 0.3) is 0 Å². The lowest BCUT2D eigenvalue weighted by molar-refractivity contribution is -0.195. The Morgan fingerprint density at radius 3 is 2.00 bits per heavy atom. The van der Waals surface area contributed by atoms with Gasteiger partial charge < -0.3 is 14.2 Å². The lowest BCUT2D eigenvalue weighted by atomic mass is 10.0. The van der Waals surface area contributed by atoms with Crippen molar-refractivity contribution in [3.8, 4) is 28.4 Å². The van der Waals surface area contributed by atoms with E-state index >= 15 is 0 Å². The first-order chi connectivity index (χ1) is 15.7. The molecule has 3 nitrogen and oxygen atoms in total. The van der Waals surface area contributed by atoms with Crippen molar-refractivity contribution in [3.05, 3.63) is 77.6 Å². The molecule has 0 bridgehead atoms. The zero-order valence-electron chi connectivity index (χ0n) is 18.1. The van der Waals surface area contributed by atoms with Gasteiger partial charge in [0.2, 0.25) is 11.6 Å². The first-order valence-corrected chi connectivity index (χ1v) is 10.4. The number of hydrogen-bond acceptors (Lipinski definition) is 3. The Kier molecular flexibility index (Phi) is 7.79. The maximum Gasteiger partial charge on any atom is 0.433 e. The van der Waals surface area contributed by atoms with E-state index in [2.05, 4.69) is 11.7 Å². The number of ether oxygens (including phenoxy) is 3. The molecule has 0 aliphatic heterocycles. The van der Waals surface area contributed by atoms with Gasteiger partial charge in [-0.05, 0) is 48.7 Å². The molecule has 0 heterocycles. The van der Waals surface area contributed by atoms with Gasteiger partial charge in [-0.1, -0.05) is 37.6 Å². The van der Waals surface area contributed by atoms with Gasteiger partial charge in [0.1, 0.15) is 11.6 Å². The molecular weight excluding hydrogens is 443 g/mol. The topological polar surface area (TPSA) is 27.7 Å². The summed E-state index contributed by atoms with van der Waals surface area (Å²) in [6, 6.07) is 12.7. The van der Waals surface area contributed by atoms with Crippen LogP contribution in [0.15, 0.2) is 54.6 Å². The van der Waals surface area contributed by atoms with Gasteiger partial charge in [-0.3, -0.25) is 0 Å². The van der Waals surface area contributed by atoms with E-state index in [0.717, 1.165) is 36.6 Å². The first kappa shape index (κ1) is 24.4. The van der Waals surface area contributed by atoms with Crippen LogP contribution in [0.5, 0.6) is 17.2 Å². The van der Waals surface area contributed by atoms with Crippen molar-refractivity contribution >= 4 is 0 Å². The van der Waals surface area contributed by atoms with Crippen LogP contribution in [-0.2, 0) is 6.42 Å². The lowest BCUT2D eigenvalue weighted by Crippen LogP contribution is -2.32. The number of aryl methyl sites for hydroxylation is 1. The second kappa shape index (κ2) is 10.6. The maximum atomic E-state index is 14.5. The van der Waals surface area contributed by atoms with E-state index in [1.54, 1.807) is 19.1 Å². The van der Waals surface area contributed by atoms with Gasteiger partial charge in [-0.2, -0.15) is 17.6 Å². The van der Waals surface area contributed by atoms with Crippen LogP contribution in [0.25, 0.3) is 11.1 Å². The molecule has 0 aliphatic rings. The van der Waals surface area contributed by atoms with Gasteiger partial charge >= 0.3 is 6.11 Å². The van der Waals surface area contributed by atoms with Crippen LogP contribution < -0.4 is 14.2 Å². The van der Waals surface area contributed by atoms with Crippen LogP contribution in [-0.4, -0.2) is 19.3 Å². The molecule has 3 aromatic carbocycles. The van der Waals surface area contributed by atoms with Gasteiger partial charge in [-0.15, -0.1) is 0 Å². The molecular formula is C25H23F5O3. The van der Waals surface area contributed by atoms with E-state index in [0.29, 0.717) is 5.56 Å². The fraction of sp³-hybridized carbons (Fsp3) is 0.280. The molecule has 0 N–H and O–H groups in total. The van der Waals surface area contributed by atoms with Gasteiger partial charge in [0, 0.05) is 11.6 Å². The summed E-state index contributed by atoms with van der Waals surface area (Å²) >= 11 is 0. The minimum atomic E-state index is -3.93. The highest BCUT2D eigenvalue weighted by Gasteiger charge is 2.34. The number of halogens is 5. The number of alkyl halides is 2. The summed E-state index contributed by atoms with van der Waals surface area (Å²) in [5.41, 5.74) is 1.95. The summed E-state index contributed by atoms with van der Waals surface area (Å²) in [5.74, 6) is -5.08. The van der Waals surface area contributed by atoms with Crippen LogP contribution in [0.4, 0.5) is 22.0 Å². The molecule has 0 radical (unpaired) electrons. The third-order valence-electron chi connectivity index (χ3n) is 4.72. The van der Waals surface area contributed by atoms with Crippen molar-refractivity contribution in [1.29, 1.82) is 0 Å². The van der Waals surface area contributed by atoms with E-state index in [1.807, 2.05) is 12.1 Å². The van der Waals surface area contributed by atoms with E-state index in [4.69, 9.17) is 9.47 Å². The van der Waals surface area contributed by atoms with E-state index < -0.39 is 41.7 Å². The predicted octanol–water partition coefficient (Wildman–Crippen LogP) is 7.17. The highest BCUT2D eigenvalue weighted by Crippen LogP contribution is 2.31. The Morgan fingerprint density at radius 2 is 1.42 bits per heavy atom. The van der Waals surface area contributed by atoms with Crippen molar-refractivity contribution in [1.82, 2.24) is 0 Å². The first-order valence-electron chi connectivity index (χ1n) is 10.4. The molecule has 0 atom stereocenters. The van der Waals surface area contributed by atoms with Crippen molar-refractivity contribution in [2.45, 2.75) is 32.8 Å². The van der Waals surface area contributed by atoms with Crippen LogP contribution in [0, 0.1) is 17.5 Å². The summed E-state index contributed by atoms with van der Waals surface area (Å²) in [6.07, 6.45) is -2.05. The zero-order chi connectivity index (χ0) is 24.0. The second-order valence-corrected chi connectivity index (χ2v) is 7.24. The molecule has 0 unspecified atom stereocenters.